The number of thiophene rings is 2. The second-order valence-corrected chi connectivity index (χ2v) is 28.9. The number of thioether (sulfide) groups is 2. The van der Waals surface area contributed by atoms with Gasteiger partial charge >= 0.3 is 5.97 Å². The van der Waals surface area contributed by atoms with Gasteiger partial charge in [0.2, 0.25) is 0 Å². The van der Waals surface area contributed by atoms with Gasteiger partial charge in [0.05, 0.1) is 41.4 Å². The lowest BCUT2D eigenvalue weighted by atomic mass is 9.98. The van der Waals surface area contributed by atoms with Crippen LogP contribution in [0, 0.1) is 11.8 Å². The number of rotatable bonds is 25. The molecule has 4 aliphatic rings. The molecule has 10 rings (SSSR count). The van der Waals surface area contributed by atoms with Crippen molar-refractivity contribution >= 4 is 171 Å². The van der Waals surface area contributed by atoms with E-state index in [4.69, 9.17) is 29.2 Å². The number of thiazole rings is 2. The van der Waals surface area contributed by atoms with Crippen LogP contribution in [-0.2, 0) is 46.8 Å². The molecular weight excluding hydrogens is 1270 g/mol. The summed E-state index contributed by atoms with van der Waals surface area (Å²) in [5.74, 6) is -1.89. The first-order valence-electron chi connectivity index (χ1n) is 29.3. The minimum absolute atomic E-state index is 0.190. The van der Waals surface area contributed by atoms with Gasteiger partial charge < -0.3 is 19.6 Å². The summed E-state index contributed by atoms with van der Waals surface area (Å²) in [5, 5.41) is 9.75. The lowest BCUT2D eigenvalue weighted by Crippen LogP contribution is -2.35. The summed E-state index contributed by atoms with van der Waals surface area (Å²) in [6.45, 7) is 13.2. The lowest BCUT2D eigenvalue weighted by molar-refractivity contribution is -0.138. The summed E-state index contributed by atoms with van der Waals surface area (Å²) in [5.41, 5.74) is 4.33. The second-order valence-electron chi connectivity index (χ2n) is 21.4. The largest absolute Gasteiger partial charge is 0.480 e. The lowest BCUT2D eigenvalue weighted by Gasteiger charge is -2.29. The molecule has 1 N–H and O–H groups in total. The molecule has 4 aliphatic heterocycles. The maximum atomic E-state index is 15.6. The Hall–Kier alpha value is -6.64. The SMILES string of the molecule is CCCCC(CC)CN1C(=O)C2=C(c3ccc(-c4ccc(/C=c5/s/c(=C6/SC(=S)N(CC)C6=O)n(CC(=O)O)c5=O)cc4)s3)N(CC(CC)CCCC)C(=O)C2=C1c1ccc(-c2ccc(/C=c3/s/c(=C4/SC(=S)N(CC)C4=O)n(COC=O)c3=O)cc2)s1. The average Bonchev–Trinajstić information content (AvgIpc) is 1.61. The van der Waals surface area contributed by atoms with E-state index in [0.717, 1.165) is 138 Å². The number of amides is 4. The normalized spacial score (nSPS) is 17.8. The fourth-order valence-corrected chi connectivity index (χ4v) is 18.5. The van der Waals surface area contributed by atoms with E-state index in [2.05, 4.69) is 27.7 Å². The predicted molar refractivity (Wildman–Crippen MR) is 363 cm³/mol. The molecule has 2 unspecified atom stereocenters. The van der Waals surface area contributed by atoms with E-state index >= 15 is 9.59 Å². The van der Waals surface area contributed by atoms with Crippen LogP contribution in [0.3, 0.4) is 0 Å². The standard InChI is InChI=1S/C64H64N6O10S8/c1-7-13-15-36(9-3)31-67-51(44-27-25-42(83-44)40-21-17-38(18-22-40)29-46-55(74)69(33-48(72)73)61(85-46)53-59(78)65(11-5)63(81)87-53)49-50(58(67)77)52(68(57(49)76)32-37(10-4)16-14-8-2)45-28-26-43(84-45)41-23-19-39(20-24-41)30-47-56(75)70(34-80-35-71)62(86-47)54-60(79)66(12-6)64(82)88-54/h17-30,35-37H,7-16,31-34H2,1-6H3,(H,72,73)/b46-29+,47-30+,61-53+,62-54+. The second kappa shape index (κ2) is 28.0. The topological polar surface area (TPSA) is 189 Å². The van der Waals surface area contributed by atoms with Crippen molar-refractivity contribution < 1.29 is 38.6 Å². The van der Waals surface area contributed by atoms with E-state index in [9.17, 15) is 33.9 Å². The third kappa shape index (κ3) is 12.8. The fraction of sp³-hybridized carbons (Fsp3) is 0.344. The maximum Gasteiger partial charge on any atom is 0.323 e. The van der Waals surface area contributed by atoms with Crippen molar-refractivity contribution in [1.82, 2.24) is 28.7 Å². The summed E-state index contributed by atoms with van der Waals surface area (Å²) in [7, 11) is 0. The number of thiocarbonyl (C=S) groups is 2. The maximum absolute atomic E-state index is 15.6. The number of hydrogen-bond acceptors (Lipinski definition) is 17. The number of hydrogen-bond donors (Lipinski definition) is 1. The van der Waals surface area contributed by atoms with Crippen molar-refractivity contribution in [2.24, 2.45) is 11.8 Å². The molecule has 0 saturated carbocycles. The van der Waals surface area contributed by atoms with Gasteiger partial charge in [-0.25, -0.2) is 0 Å². The van der Waals surface area contributed by atoms with Crippen LogP contribution < -0.4 is 29.5 Å². The Morgan fingerprint density at radius 2 is 0.955 bits per heavy atom. The molecule has 88 heavy (non-hydrogen) atoms. The molecular formula is C64H64N6O10S8. The summed E-state index contributed by atoms with van der Waals surface area (Å²) < 4.78 is 9.34. The highest BCUT2D eigenvalue weighted by Crippen LogP contribution is 2.51. The van der Waals surface area contributed by atoms with Crippen molar-refractivity contribution in [2.75, 3.05) is 26.2 Å². The highest BCUT2D eigenvalue weighted by molar-refractivity contribution is 8.30. The van der Waals surface area contributed by atoms with Crippen LogP contribution in [0.2, 0.25) is 0 Å². The molecule has 4 amide bonds. The Morgan fingerprint density at radius 3 is 1.33 bits per heavy atom. The van der Waals surface area contributed by atoms with E-state index in [1.54, 1.807) is 19.1 Å². The molecule has 2 atom stereocenters. The van der Waals surface area contributed by atoms with Crippen molar-refractivity contribution in [3.63, 3.8) is 0 Å². The highest BCUT2D eigenvalue weighted by Gasteiger charge is 2.50. The number of unbranched alkanes of at least 4 members (excludes halogenated alkanes) is 2. The van der Waals surface area contributed by atoms with Crippen molar-refractivity contribution in [1.29, 1.82) is 0 Å². The Labute approximate surface area is 543 Å². The Morgan fingerprint density at radius 1 is 0.545 bits per heavy atom. The van der Waals surface area contributed by atoms with Crippen LogP contribution in [0.15, 0.2) is 93.5 Å². The molecule has 2 aromatic carbocycles. The van der Waals surface area contributed by atoms with Crippen LogP contribution in [0.1, 0.15) is 114 Å². The van der Waals surface area contributed by atoms with Gasteiger partial charge in [-0.2, -0.15) is 0 Å². The summed E-state index contributed by atoms with van der Waals surface area (Å²) >= 11 is 18.2. The first-order valence-corrected chi connectivity index (χ1v) is 35.0. The van der Waals surface area contributed by atoms with Crippen LogP contribution >= 0.6 is 93.3 Å². The number of benzene rings is 2. The Balaban J connectivity index is 1.02. The van der Waals surface area contributed by atoms with E-state index in [1.165, 1.54) is 37.0 Å². The zero-order chi connectivity index (χ0) is 62.7. The number of ether oxygens (including phenoxy) is 1. The third-order valence-electron chi connectivity index (χ3n) is 15.9. The van der Waals surface area contributed by atoms with Gasteiger partial charge in [0.25, 0.3) is 41.2 Å². The molecule has 2 saturated heterocycles. The molecule has 0 radical (unpaired) electrons. The number of carbonyl (C=O) groups is 6. The zero-order valence-electron chi connectivity index (χ0n) is 49.3. The monoisotopic (exact) mass is 1330 g/mol. The number of aromatic nitrogens is 2. The average molecular weight is 1330 g/mol. The van der Waals surface area contributed by atoms with Crippen LogP contribution in [0.4, 0.5) is 0 Å². The van der Waals surface area contributed by atoms with Crippen molar-refractivity contribution in [2.45, 2.75) is 106 Å². The summed E-state index contributed by atoms with van der Waals surface area (Å²) in [6, 6.07) is 23.4. The molecule has 2 fully saturated rings. The molecule has 24 heteroatoms. The third-order valence-corrected chi connectivity index (χ3v) is 23.6. The summed E-state index contributed by atoms with van der Waals surface area (Å²) in [4.78, 5) is 119. The number of carboxylic acids is 1. The Kier molecular flexibility index (Phi) is 20.5. The van der Waals surface area contributed by atoms with Gasteiger partial charge in [-0.3, -0.25) is 57.3 Å². The van der Waals surface area contributed by atoms with Gasteiger partial charge in [-0.05, 0) is 97.2 Å². The van der Waals surface area contributed by atoms with E-state index in [0.29, 0.717) is 77.0 Å². The van der Waals surface area contributed by atoms with Gasteiger partial charge in [-0.1, -0.05) is 163 Å². The van der Waals surface area contributed by atoms with Gasteiger partial charge in [0.15, 0.2) is 6.73 Å². The highest BCUT2D eigenvalue weighted by atomic mass is 32.2. The number of aliphatic carboxylic acids is 1. The number of fused-ring (bicyclic) bond motifs is 1. The molecule has 16 nitrogen and oxygen atoms in total. The van der Waals surface area contributed by atoms with Crippen LogP contribution in [0.5, 0.6) is 0 Å². The van der Waals surface area contributed by atoms with Crippen molar-refractivity contribution in [3.8, 4) is 20.9 Å². The quantitative estimate of drug-likeness (QED) is 0.0421. The minimum Gasteiger partial charge on any atom is -0.480 e. The van der Waals surface area contributed by atoms with Crippen LogP contribution in [-0.4, -0.2) is 105 Å². The smallest absolute Gasteiger partial charge is 0.323 e. The van der Waals surface area contributed by atoms with Crippen molar-refractivity contribution in [3.05, 3.63) is 144 Å². The molecule has 6 aromatic rings. The molecule has 458 valence electrons. The number of carboxylic acid groups (broad SMARTS) is 1. The number of carbonyl (C=O) groups excluding carboxylic acids is 5. The molecule has 4 aromatic heterocycles. The van der Waals surface area contributed by atoms with E-state index < -0.39 is 23.6 Å². The first-order chi connectivity index (χ1) is 42.5. The molecule has 8 heterocycles. The zero-order valence-corrected chi connectivity index (χ0v) is 55.8. The fourth-order valence-electron chi connectivity index (χ4n) is 11.1. The number of nitrogens with zero attached hydrogens (tertiary/aromatic N) is 6. The van der Waals surface area contributed by atoms with Crippen LogP contribution in [0.25, 0.3) is 54.2 Å². The molecule has 0 aliphatic carbocycles. The Bertz CT molecular complexity index is 4280. The van der Waals surface area contributed by atoms with Gasteiger partial charge in [0.1, 0.15) is 34.3 Å². The van der Waals surface area contributed by atoms with E-state index in [-0.39, 0.29) is 62.8 Å². The molecule has 0 bridgehead atoms. The van der Waals surface area contributed by atoms with E-state index in [1.807, 2.05) is 89.5 Å². The van der Waals surface area contributed by atoms with Gasteiger partial charge in [0, 0.05) is 35.9 Å². The first kappa shape index (κ1) is 64.3. The predicted octanol–water partition coefficient (Wildman–Crippen LogP) is 9.68. The summed E-state index contributed by atoms with van der Waals surface area (Å²) in [6.07, 6.45) is 11.1. The van der Waals surface area contributed by atoms with Gasteiger partial charge in [-0.15, -0.1) is 45.3 Å². The molecule has 0 spiro atoms. The minimum atomic E-state index is -1.22.